The zero-order valence-corrected chi connectivity index (χ0v) is 13.0. The van der Waals surface area contributed by atoms with E-state index >= 15 is 0 Å². The molecule has 6 heteroatoms. The van der Waals surface area contributed by atoms with E-state index in [2.05, 4.69) is 10.6 Å². The number of amides is 2. The molecule has 0 unspecified atom stereocenters. The SMILES string of the molecule is CN(C)c1ccc(NC(=O)CC(=O)Nc2cccc(F)c2)cc1. The summed E-state index contributed by atoms with van der Waals surface area (Å²) >= 11 is 0. The number of hydrogen-bond acceptors (Lipinski definition) is 3. The van der Waals surface area contributed by atoms with Gasteiger partial charge < -0.3 is 15.5 Å². The first-order valence-corrected chi connectivity index (χ1v) is 7.07. The second kappa shape index (κ2) is 7.40. The first kappa shape index (κ1) is 16.5. The Morgan fingerprint density at radius 1 is 0.957 bits per heavy atom. The molecule has 0 aliphatic carbocycles. The molecule has 2 aromatic carbocycles. The molecule has 2 amide bonds. The Bertz CT molecular complexity index is 699. The van der Waals surface area contributed by atoms with Crippen LogP contribution in [0, 0.1) is 5.82 Å². The van der Waals surface area contributed by atoms with Gasteiger partial charge in [0.2, 0.25) is 11.8 Å². The molecule has 0 aliphatic heterocycles. The molecule has 120 valence electrons. The summed E-state index contributed by atoms with van der Waals surface area (Å²) in [5, 5.41) is 5.12. The molecular weight excluding hydrogens is 297 g/mol. The van der Waals surface area contributed by atoms with Gasteiger partial charge in [-0.2, -0.15) is 0 Å². The van der Waals surface area contributed by atoms with Crippen LogP contribution in [0.2, 0.25) is 0 Å². The monoisotopic (exact) mass is 315 g/mol. The lowest BCUT2D eigenvalue weighted by molar-refractivity contribution is -0.123. The van der Waals surface area contributed by atoms with Gasteiger partial charge in [-0.15, -0.1) is 0 Å². The lowest BCUT2D eigenvalue weighted by atomic mass is 10.2. The molecule has 0 fully saturated rings. The molecule has 2 N–H and O–H groups in total. The number of nitrogens with zero attached hydrogens (tertiary/aromatic N) is 1. The van der Waals surface area contributed by atoms with Gasteiger partial charge >= 0.3 is 0 Å². The molecule has 23 heavy (non-hydrogen) atoms. The van der Waals surface area contributed by atoms with E-state index in [1.807, 2.05) is 31.1 Å². The highest BCUT2D eigenvalue weighted by Crippen LogP contribution is 2.16. The van der Waals surface area contributed by atoms with Crippen LogP contribution in [0.1, 0.15) is 6.42 Å². The number of hydrogen-bond donors (Lipinski definition) is 2. The normalized spacial score (nSPS) is 10.0. The molecule has 0 aliphatic rings. The molecule has 0 spiro atoms. The second-order valence-electron chi connectivity index (χ2n) is 5.22. The summed E-state index contributed by atoms with van der Waals surface area (Å²) < 4.78 is 13.0. The van der Waals surface area contributed by atoms with Gasteiger partial charge in [0.05, 0.1) is 0 Å². The van der Waals surface area contributed by atoms with E-state index in [1.54, 1.807) is 18.2 Å². The first-order valence-electron chi connectivity index (χ1n) is 7.07. The number of nitrogens with one attached hydrogen (secondary N) is 2. The van der Waals surface area contributed by atoms with Gasteiger partial charge in [0.1, 0.15) is 12.2 Å². The average Bonchev–Trinajstić information content (AvgIpc) is 2.47. The van der Waals surface area contributed by atoms with Crippen LogP contribution in [0.4, 0.5) is 21.5 Å². The molecule has 0 atom stereocenters. The van der Waals surface area contributed by atoms with Crippen molar-refractivity contribution in [2.75, 3.05) is 29.6 Å². The summed E-state index contributed by atoms with van der Waals surface area (Å²) in [6.45, 7) is 0. The van der Waals surface area contributed by atoms with Gasteiger partial charge in [-0.1, -0.05) is 6.07 Å². The molecule has 0 radical (unpaired) electrons. The fraction of sp³-hybridized carbons (Fsp3) is 0.176. The van der Waals surface area contributed by atoms with Crippen LogP contribution in [0.15, 0.2) is 48.5 Å². The van der Waals surface area contributed by atoms with Crippen LogP contribution in [0.25, 0.3) is 0 Å². The fourth-order valence-corrected chi connectivity index (χ4v) is 1.97. The molecule has 0 saturated heterocycles. The number of benzene rings is 2. The maximum Gasteiger partial charge on any atom is 0.233 e. The summed E-state index contributed by atoms with van der Waals surface area (Å²) in [4.78, 5) is 25.6. The van der Waals surface area contributed by atoms with Crippen molar-refractivity contribution in [1.82, 2.24) is 0 Å². The minimum atomic E-state index is -0.502. The van der Waals surface area contributed by atoms with Gasteiger partial charge in [-0.05, 0) is 42.5 Å². The van der Waals surface area contributed by atoms with Crippen LogP contribution < -0.4 is 15.5 Å². The van der Waals surface area contributed by atoms with Crippen molar-refractivity contribution in [2.24, 2.45) is 0 Å². The van der Waals surface area contributed by atoms with Crippen molar-refractivity contribution in [2.45, 2.75) is 6.42 Å². The Morgan fingerprint density at radius 3 is 2.13 bits per heavy atom. The smallest absolute Gasteiger partial charge is 0.233 e. The summed E-state index contributed by atoms with van der Waals surface area (Å²) in [7, 11) is 3.84. The molecule has 5 nitrogen and oxygen atoms in total. The van der Waals surface area contributed by atoms with Crippen molar-refractivity contribution in [3.63, 3.8) is 0 Å². The molecule has 0 saturated carbocycles. The van der Waals surface area contributed by atoms with E-state index in [0.29, 0.717) is 11.4 Å². The van der Waals surface area contributed by atoms with E-state index in [0.717, 1.165) is 5.69 Å². The highest BCUT2D eigenvalue weighted by atomic mass is 19.1. The Morgan fingerprint density at radius 2 is 1.57 bits per heavy atom. The van der Waals surface area contributed by atoms with E-state index in [4.69, 9.17) is 0 Å². The van der Waals surface area contributed by atoms with Gasteiger partial charge in [-0.25, -0.2) is 4.39 Å². The van der Waals surface area contributed by atoms with E-state index < -0.39 is 17.6 Å². The summed E-state index contributed by atoms with van der Waals surface area (Å²) in [6.07, 6.45) is -0.341. The first-order chi connectivity index (χ1) is 10.9. The minimum absolute atomic E-state index is 0.318. The maximum absolute atomic E-state index is 13.0. The number of carbonyl (C=O) groups is 2. The zero-order valence-electron chi connectivity index (χ0n) is 13.0. The van der Waals surface area contributed by atoms with Crippen molar-refractivity contribution in [3.05, 3.63) is 54.3 Å². The topological polar surface area (TPSA) is 61.4 Å². The fourth-order valence-electron chi connectivity index (χ4n) is 1.97. The third kappa shape index (κ3) is 5.10. The lowest BCUT2D eigenvalue weighted by Crippen LogP contribution is -2.21. The van der Waals surface area contributed by atoms with Crippen LogP contribution in [-0.4, -0.2) is 25.9 Å². The predicted molar refractivity (Wildman–Crippen MR) is 89.0 cm³/mol. The van der Waals surface area contributed by atoms with Gasteiger partial charge in [0.25, 0.3) is 0 Å². The van der Waals surface area contributed by atoms with E-state index in [1.165, 1.54) is 18.2 Å². The minimum Gasteiger partial charge on any atom is -0.378 e. The summed E-state index contributed by atoms with van der Waals surface area (Å²) in [6, 6.07) is 12.8. The quantitative estimate of drug-likeness (QED) is 0.834. The van der Waals surface area contributed by atoms with Crippen LogP contribution in [-0.2, 0) is 9.59 Å². The molecule has 0 bridgehead atoms. The molecular formula is C17H18FN3O2. The number of halogens is 1. The molecule has 2 aromatic rings. The van der Waals surface area contributed by atoms with Gasteiger partial charge in [0.15, 0.2) is 0 Å². The Labute approximate surface area is 134 Å². The van der Waals surface area contributed by atoms with Crippen molar-refractivity contribution < 1.29 is 14.0 Å². The summed E-state index contributed by atoms with van der Waals surface area (Å²) in [5.41, 5.74) is 1.93. The largest absolute Gasteiger partial charge is 0.378 e. The highest BCUT2D eigenvalue weighted by molar-refractivity contribution is 6.08. The van der Waals surface area contributed by atoms with Crippen molar-refractivity contribution in [3.8, 4) is 0 Å². The van der Waals surface area contributed by atoms with Gasteiger partial charge in [-0.3, -0.25) is 9.59 Å². The molecule has 0 heterocycles. The predicted octanol–water partition coefficient (Wildman–Crippen LogP) is 2.86. The van der Waals surface area contributed by atoms with Crippen LogP contribution >= 0.6 is 0 Å². The number of rotatable bonds is 5. The van der Waals surface area contributed by atoms with Crippen LogP contribution in [0.5, 0.6) is 0 Å². The van der Waals surface area contributed by atoms with E-state index in [-0.39, 0.29) is 6.42 Å². The lowest BCUT2D eigenvalue weighted by Gasteiger charge is -2.13. The third-order valence-corrected chi connectivity index (χ3v) is 3.10. The standard InChI is InChI=1S/C17H18FN3O2/c1-21(2)15-8-6-13(7-9-15)19-16(22)11-17(23)20-14-5-3-4-12(18)10-14/h3-10H,11H2,1-2H3,(H,19,22)(H,20,23). The Balaban J connectivity index is 1.87. The number of carbonyl (C=O) groups excluding carboxylic acids is 2. The number of anilines is 3. The maximum atomic E-state index is 13.0. The van der Waals surface area contributed by atoms with Crippen LogP contribution in [0.3, 0.4) is 0 Å². The van der Waals surface area contributed by atoms with Gasteiger partial charge in [0, 0.05) is 31.2 Å². The zero-order chi connectivity index (χ0) is 16.8. The Kier molecular flexibility index (Phi) is 5.30. The molecule has 2 rings (SSSR count). The molecule has 0 aromatic heterocycles. The summed E-state index contributed by atoms with van der Waals surface area (Å²) in [5.74, 6) is -1.39. The average molecular weight is 315 g/mol. The van der Waals surface area contributed by atoms with Crippen molar-refractivity contribution in [1.29, 1.82) is 0 Å². The second-order valence-corrected chi connectivity index (χ2v) is 5.22. The third-order valence-electron chi connectivity index (χ3n) is 3.10. The highest BCUT2D eigenvalue weighted by Gasteiger charge is 2.10. The van der Waals surface area contributed by atoms with Crippen molar-refractivity contribution >= 4 is 28.9 Å². The Hall–Kier alpha value is -2.89. The van der Waals surface area contributed by atoms with E-state index in [9.17, 15) is 14.0 Å².